The molecule has 4 aliphatic rings. The number of carbonyl (C=O) groups excluding carboxylic acids is 2. The lowest BCUT2D eigenvalue weighted by atomic mass is 9.37. The van der Waals surface area contributed by atoms with E-state index in [0.717, 1.165) is 16.6 Å². The molecule has 7 nitrogen and oxygen atoms in total. The van der Waals surface area contributed by atoms with Gasteiger partial charge in [-0.25, -0.2) is 0 Å². The van der Waals surface area contributed by atoms with Crippen LogP contribution in [0.2, 0.25) is 0 Å². The number of hydrogen-bond acceptors (Lipinski definition) is 6. The third-order valence-corrected chi connectivity index (χ3v) is 8.06. The third kappa shape index (κ3) is 1.92. The zero-order valence-electron chi connectivity index (χ0n) is 19.2. The molecule has 4 atom stereocenters. The highest BCUT2D eigenvalue weighted by Gasteiger charge is 2.84. The quantitative estimate of drug-likeness (QED) is 0.308. The van der Waals surface area contributed by atoms with E-state index < -0.39 is 34.4 Å². The molecule has 34 heavy (non-hydrogen) atoms. The lowest BCUT2D eigenvalue weighted by Gasteiger charge is -2.71. The van der Waals surface area contributed by atoms with Gasteiger partial charge in [-0.2, -0.15) is 0 Å². The van der Waals surface area contributed by atoms with Gasteiger partial charge in [-0.15, -0.1) is 0 Å². The van der Waals surface area contributed by atoms with Crippen LogP contribution in [0.15, 0.2) is 59.2 Å². The molecule has 1 fully saturated rings. The number of nitrogens with zero attached hydrogens (tertiary/aromatic N) is 1. The summed E-state index contributed by atoms with van der Waals surface area (Å²) in [7, 11) is 3.36. The van der Waals surface area contributed by atoms with E-state index in [1.54, 1.807) is 31.4 Å². The fraction of sp³-hybridized carbons (Fsp3) is 0.333. The first-order valence-corrected chi connectivity index (χ1v) is 11.3. The normalized spacial score (nSPS) is 32.1. The van der Waals surface area contributed by atoms with Crippen LogP contribution in [0.5, 0.6) is 11.5 Å². The fourth-order valence-electron chi connectivity index (χ4n) is 6.86. The summed E-state index contributed by atoms with van der Waals surface area (Å²) >= 11 is 0. The molecule has 0 saturated heterocycles. The monoisotopic (exact) mass is 457 g/mol. The number of ether oxygens (including phenoxy) is 3. The van der Waals surface area contributed by atoms with Crippen molar-refractivity contribution in [2.75, 3.05) is 19.1 Å². The van der Waals surface area contributed by atoms with Crippen LogP contribution in [0.3, 0.4) is 0 Å². The molecule has 0 spiro atoms. The van der Waals surface area contributed by atoms with Crippen molar-refractivity contribution in [3.63, 3.8) is 0 Å². The molecule has 0 radical (unpaired) electrons. The highest BCUT2D eigenvalue weighted by atomic mass is 16.6. The Kier molecular flexibility index (Phi) is 3.45. The lowest BCUT2D eigenvalue weighted by molar-refractivity contribution is -0.286. The number of para-hydroxylation sites is 1. The van der Waals surface area contributed by atoms with Crippen LogP contribution in [0.1, 0.15) is 30.9 Å². The van der Waals surface area contributed by atoms with E-state index in [4.69, 9.17) is 18.6 Å². The Balaban J connectivity index is 1.61. The molecule has 1 aromatic heterocycles. The van der Waals surface area contributed by atoms with Crippen LogP contribution in [-0.2, 0) is 19.9 Å². The van der Waals surface area contributed by atoms with Crippen molar-refractivity contribution < 1.29 is 28.2 Å². The predicted octanol–water partition coefficient (Wildman–Crippen LogP) is 4.30. The van der Waals surface area contributed by atoms with Gasteiger partial charge in [0.25, 0.3) is 0 Å². The van der Waals surface area contributed by atoms with Gasteiger partial charge in [0.2, 0.25) is 5.91 Å². The van der Waals surface area contributed by atoms with Crippen LogP contribution in [-0.4, -0.2) is 31.6 Å². The first-order chi connectivity index (χ1) is 16.3. The van der Waals surface area contributed by atoms with Gasteiger partial charge >= 0.3 is 5.97 Å². The van der Waals surface area contributed by atoms with Crippen molar-refractivity contribution in [1.82, 2.24) is 0 Å². The summed E-state index contributed by atoms with van der Waals surface area (Å²) in [5.41, 5.74) is -0.194. The SMILES string of the molecule is COc1c2c(cc3occc13)OC(=O)[C@@H]1[C@H]2[C@@]23C=CC(C)(C)O[C@@]12c1ccccc1N(C)C3=O. The Morgan fingerprint density at radius 1 is 1.06 bits per heavy atom. The maximum absolute atomic E-state index is 14.3. The number of hydrogen-bond donors (Lipinski definition) is 0. The second-order valence-electron chi connectivity index (χ2n) is 10.1. The van der Waals surface area contributed by atoms with E-state index in [1.807, 2.05) is 56.3 Å². The topological polar surface area (TPSA) is 78.2 Å². The van der Waals surface area contributed by atoms with Gasteiger partial charge in [0.15, 0.2) is 0 Å². The molecule has 0 bridgehead atoms. The van der Waals surface area contributed by atoms with E-state index in [0.29, 0.717) is 22.6 Å². The number of benzene rings is 2. The molecule has 4 heterocycles. The molecule has 2 aromatic carbocycles. The van der Waals surface area contributed by atoms with Gasteiger partial charge in [0.05, 0.1) is 24.4 Å². The van der Waals surface area contributed by atoms with Crippen LogP contribution in [0.25, 0.3) is 11.0 Å². The molecule has 0 N–H and O–H groups in total. The average Bonchev–Trinajstić information content (AvgIpc) is 3.27. The van der Waals surface area contributed by atoms with Crippen LogP contribution in [0.4, 0.5) is 5.69 Å². The van der Waals surface area contributed by atoms with Gasteiger partial charge in [0, 0.05) is 35.8 Å². The number of rotatable bonds is 1. The molecule has 7 heteroatoms. The minimum Gasteiger partial charge on any atom is -0.496 e. The summed E-state index contributed by atoms with van der Waals surface area (Å²) < 4.78 is 24.2. The number of fused-ring (bicyclic) bond motifs is 5. The second-order valence-corrected chi connectivity index (χ2v) is 10.1. The Labute approximate surface area is 195 Å². The summed E-state index contributed by atoms with van der Waals surface area (Å²) in [6, 6.07) is 11.2. The summed E-state index contributed by atoms with van der Waals surface area (Å²) in [6.07, 6.45) is 5.47. The Morgan fingerprint density at radius 2 is 1.85 bits per heavy atom. The molecule has 3 aromatic rings. The lowest BCUT2D eigenvalue weighted by Crippen LogP contribution is -2.79. The Bertz CT molecular complexity index is 1470. The van der Waals surface area contributed by atoms with Crippen molar-refractivity contribution >= 4 is 28.5 Å². The minimum absolute atomic E-state index is 0.116. The minimum atomic E-state index is -1.19. The average molecular weight is 457 g/mol. The van der Waals surface area contributed by atoms with Gasteiger partial charge in [0.1, 0.15) is 34.0 Å². The van der Waals surface area contributed by atoms with Crippen molar-refractivity contribution in [2.45, 2.75) is 31.0 Å². The molecule has 3 aliphatic heterocycles. The predicted molar refractivity (Wildman–Crippen MR) is 123 cm³/mol. The maximum Gasteiger partial charge on any atom is 0.318 e. The van der Waals surface area contributed by atoms with E-state index in [-0.39, 0.29) is 5.91 Å². The summed E-state index contributed by atoms with van der Waals surface area (Å²) in [5.74, 6) is -0.858. The fourth-order valence-corrected chi connectivity index (χ4v) is 6.86. The Morgan fingerprint density at radius 3 is 2.65 bits per heavy atom. The number of carbonyl (C=O) groups is 2. The first kappa shape index (κ1) is 19.9. The second kappa shape index (κ2) is 5.91. The number of anilines is 1. The largest absolute Gasteiger partial charge is 0.496 e. The molecular weight excluding hydrogens is 434 g/mol. The molecular formula is C27H23NO6. The number of esters is 1. The summed E-state index contributed by atoms with van der Waals surface area (Å²) in [6.45, 7) is 3.89. The van der Waals surface area contributed by atoms with E-state index >= 15 is 0 Å². The van der Waals surface area contributed by atoms with E-state index in [1.165, 1.54) is 0 Å². The molecule has 1 amide bonds. The van der Waals surface area contributed by atoms with Gasteiger partial charge < -0.3 is 23.5 Å². The number of furan rings is 1. The standard InChI is InChI=1S/C27H23NO6/c1-25(2)10-11-26-20-19-18(13-17-14(9-12-32-17)22(19)31-4)33-23(29)21(20)27(26,34-25)15-7-5-6-8-16(15)28(3)24(26)30/h5-13,20-21H,1-4H3/t20-,21-,26+,27-/m0/s1. The zero-order chi connectivity index (χ0) is 23.6. The Hall–Kier alpha value is -3.58. The van der Waals surface area contributed by atoms with Gasteiger partial charge in [-0.1, -0.05) is 30.4 Å². The van der Waals surface area contributed by atoms with Gasteiger partial charge in [-0.3, -0.25) is 9.59 Å². The van der Waals surface area contributed by atoms with E-state index in [9.17, 15) is 9.59 Å². The maximum atomic E-state index is 14.3. The van der Waals surface area contributed by atoms with Crippen LogP contribution in [0, 0.1) is 11.3 Å². The van der Waals surface area contributed by atoms with Gasteiger partial charge in [-0.05, 0) is 26.0 Å². The highest BCUT2D eigenvalue weighted by molar-refractivity contribution is 6.09. The number of amides is 1. The molecule has 1 aliphatic carbocycles. The van der Waals surface area contributed by atoms with Crippen molar-refractivity contribution in [3.05, 3.63) is 65.9 Å². The smallest absolute Gasteiger partial charge is 0.318 e. The van der Waals surface area contributed by atoms with Crippen LogP contribution >= 0.6 is 0 Å². The summed E-state index contributed by atoms with van der Waals surface area (Å²) in [5, 5.41) is 0.768. The zero-order valence-corrected chi connectivity index (χ0v) is 19.2. The molecule has 1 saturated carbocycles. The highest BCUT2D eigenvalue weighted by Crippen LogP contribution is 2.78. The first-order valence-electron chi connectivity index (χ1n) is 11.3. The number of methoxy groups -OCH3 is 1. The molecule has 172 valence electrons. The van der Waals surface area contributed by atoms with E-state index in [2.05, 4.69) is 0 Å². The van der Waals surface area contributed by atoms with Crippen LogP contribution < -0.4 is 14.4 Å². The molecule has 0 unspecified atom stereocenters. The molecule has 7 rings (SSSR count). The van der Waals surface area contributed by atoms with Crippen molar-refractivity contribution in [1.29, 1.82) is 0 Å². The summed E-state index contributed by atoms with van der Waals surface area (Å²) in [4.78, 5) is 29.6. The van der Waals surface area contributed by atoms with Crippen molar-refractivity contribution in [3.8, 4) is 11.5 Å². The third-order valence-electron chi connectivity index (χ3n) is 8.06. The van der Waals surface area contributed by atoms with Crippen molar-refractivity contribution in [2.24, 2.45) is 11.3 Å².